The Balaban J connectivity index is 1.52. The molecule has 0 radical (unpaired) electrons. The highest BCUT2D eigenvalue weighted by atomic mass is 16.2. The van der Waals surface area contributed by atoms with E-state index in [1.807, 2.05) is 24.6 Å². The van der Waals surface area contributed by atoms with E-state index in [4.69, 9.17) is 0 Å². The lowest BCUT2D eigenvalue weighted by atomic mass is 9.97. The molecule has 4 rings (SSSR count). The van der Waals surface area contributed by atoms with Crippen LogP contribution in [0.4, 0.5) is 0 Å². The molecule has 2 atom stereocenters. The number of amides is 1. The molecule has 0 spiro atoms. The third-order valence-electron chi connectivity index (χ3n) is 5.39. The summed E-state index contributed by atoms with van der Waals surface area (Å²) in [4.78, 5) is 19.6. The molecule has 1 saturated heterocycles. The van der Waals surface area contributed by atoms with Gasteiger partial charge in [0.25, 0.3) is 0 Å². The maximum atomic E-state index is 13.1. The number of fused-ring (bicyclic) bond motifs is 1. The molecule has 2 heterocycles. The highest BCUT2D eigenvalue weighted by molar-refractivity contribution is 5.85. The van der Waals surface area contributed by atoms with Gasteiger partial charge in [-0.05, 0) is 50.7 Å². The highest BCUT2D eigenvalue weighted by Crippen LogP contribution is 2.35. The first-order chi connectivity index (χ1) is 11.6. The van der Waals surface area contributed by atoms with Crippen LogP contribution in [0.3, 0.4) is 0 Å². The number of likely N-dealkylation sites (tertiary alicyclic amines) is 1. The second-order valence-electron chi connectivity index (χ2n) is 7.02. The van der Waals surface area contributed by atoms with Crippen molar-refractivity contribution in [1.82, 2.24) is 19.7 Å². The van der Waals surface area contributed by atoms with Crippen molar-refractivity contribution in [2.24, 2.45) is 0 Å². The summed E-state index contributed by atoms with van der Waals surface area (Å²) in [6.07, 6.45) is 4.06. The van der Waals surface area contributed by atoms with Gasteiger partial charge in [-0.1, -0.05) is 24.3 Å². The minimum Gasteiger partial charge on any atom is -0.340 e. The Morgan fingerprint density at radius 2 is 2.04 bits per heavy atom. The van der Waals surface area contributed by atoms with Gasteiger partial charge >= 0.3 is 0 Å². The van der Waals surface area contributed by atoms with Gasteiger partial charge in [-0.15, -0.1) is 0 Å². The molecule has 5 nitrogen and oxygen atoms in total. The van der Waals surface area contributed by atoms with Crippen LogP contribution in [0.25, 0.3) is 0 Å². The van der Waals surface area contributed by atoms with E-state index in [9.17, 15) is 4.79 Å². The monoisotopic (exact) mass is 324 g/mol. The number of hydrogen-bond donors (Lipinski definition) is 0. The Hall–Kier alpha value is -2.17. The molecule has 1 aromatic carbocycles. The van der Waals surface area contributed by atoms with E-state index in [0.29, 0.717) is 5.91 Å². The molecule has 1 fully saturated rings. The zero-order valence-corrected chi connectivity index (χ0v) is 14.4. The third kappa shape index (κ3) is 2.62. The van der Waals surface area contributed by atoms with Crippen molar-refractivity contribution in [3.05, 3.63) is 47.0 Å². The summed E-state index contributed by atoms with van der Waals surface area (Å²) in [5, 5.41) is 4.53. The van der Waals surface area contributed by atoms with Crippen LogP contribution in [0.5, 0.6) is 0 Å². The summed E-state index contributed by atoms with van der Waals surface area (Å²) in [6.45, 7) is 5.53. The molecule has 1 aliphatic heterocycles. The second kappa shape index (κ2) is 6.04. The first kappa shape index (κ1) is 15.4. The average molecular weight is 324 g/mol. The normalized spacial score (nSPS) is 23.3. The van der Waals surface area contributed by atoms with Crippen molar-refractivity contribution < 1.29 is 4.79 Å². The smallest absolute Gasteiger partial charge is 0.230 e. The van der Waals surface area contributed by atoms with Gasteiger partial charge in [0.05, 0.1) is 12.0 Å². The van der Waals surface area contributed by atoms with E-state index in [0.717, 1.165) is 50.4 Å². The van der Waals surface area contributed by atoms with Gasteiger partial charge in [0.2, 0.25) is 5.91 Å². The van der Waals surface area contributed by atoms with Crippen LogP contribution in [0, 0.1) is 13.8 Å². The number of aryl methyl sites for hydroxylation is 3. The van der Waals surface area contributed by atoms with E-state index < -0.39 is 0 Å². The summed E-state index contributed by atoms with van der Waals surface area (Å²) in [6, 6.07) is 8.64. The second-order valence-corrected chi connectivity index (χ2v) is 7.02. The van der Waals surface area contributed by atoms with Gasteiger partial charge in [-0.3, -0.25) is 4.79 Å². The topological polar surface area (TPSA) is 51.0 Å². The van der Waals surface area contributed by atoms with Crippen LogP contribution in [-0.4, -0.2) is 38.7 Å². The van der Waals surface area contributed by atoms with E-state index >= 15 is 0 Å². The van der Waals surface area contributed by atoms with Crippen molar-refractivity contribution in [3.63, 3.8) is 0 Å². The van der Waals surface area contributed by atoms with Crippen LogP contribution in [-0.2, 0) is 11.2 Å². The molecule has 5 heteroatoms. The predicted molar refractivity (Wildman–Crippen MR) is 91.9 cm³/mol. The van der Waals surface area contributed by atoms with Crippen LogP contribution >= 0.6 is 0 Å². The van der Waals surface area contributed by atoms with Crippen molar-refractivity contribution >= 4 is 5.91 Å². The molecule has 1 aromatic heterocycles. The SMILES string of the molecule is Cc1nc(C)n([C@@H]2CCCN(C(=O)[C@@H]3CCc4ccccc43)C2)n1. The first-order valence-corrected chi connectivity index (χ1v) is 8.90. The molecule has 126 valence electrons. The maximum absolute atomic E-state index is 13.1. The van der Waals surface area contributed by atoms with E-state index in [-0.39, 0.29) is 12.0 Å². The minimum atomic E-state index is 0.0403. The number of rotatable bonds is 2. The summed E-state index contributed by atoms with van der Waals surface area (Å²) in [5.41, 5.74) is 2.57. The fourth-order valence-electron chi connectivity index (χ4n) is 4.27. The Kier molecular flexibility index (Phi) is 3.87. The number of benzene rings is 1. The van der Waals surface area contributed by atoms with Gasteiger partial charge in [-0.25, -0.2) is 9.67 Å². The van der Waals surface area contributed by atoms with E-state index in [1.165, 1.54) is 11.1 Å². The molecule has 0 N–H and O–H groups in total. The van der Waals surface area contributed by atoms with Gasteiger partial charge in [-0.2, -0.15) is 5.10 Å². The molecule has 24 heavy (non-hydrogen) atoms. The molecule has 1 amide bonds. The molecule has 0 saturated carbocycles. The lowest BCUT2D eigenvalue weighted by Gasteiger charge is -2.34. The predicted octanol–water partition coefficient (Wildman–Crippen LogP) is 2.79. The molecule has 2 aromatic rings. The molecular formula is C19H24N4O. The molecule has 1 aliphatic carbocycles. The Bertz CT molecular complexity index is 766. The van der Waals surface area contributed by atoms with Gasteiger partial charge in [0, 0.05) is 13.1 Å². The average Bonchev–Trinajstić information content (AvgIpc) is 3.17. The lowest BCUT2D eigenvalue weighted by molar-refractivity contribution is -0.134. The molecule has 2 aliphatic rings. The Morgan fingerprint density at radius 3 is 2.83 bits per heavy atom. The fraction of sp³-hybridized carbons (Fsp3) is 0.526. The van der Waals surface area contributed by atoms with Crippen LogP contribution in [0.2, 0.25) is 0 Å². The standard InChI is InChI=1S/C19H24N4O/c1-13-20-14(2)23(21-13)16-7-5-11-22(12-16)19(24)18-10-9-15-6-3-4-8-17(15)18/h3-4,6,8,16,18H,5,7,9-12H2,1-2H3/t16-,18-/m1/s1. The molecular weight excluding hydrogens is 300 g/mol. The van der Waals surface area contributed by atoms with Crippen LogP contribution < -0.4 is 0 Å². The minimum absolute atomic E-state index is 0.0403. The largest absolute Gasteiger partial charge is 0.340 e. The van der Waals surface area contributed by atoms with Crippen molar-refractivity contribution in [2.45, 2.75) is 51.5 Å². The van der Waals surface area contributed by atoms with E-state index in [2.05, 4.69) is 33.2 Å². The number of carbonyl (C=O) groups is 1. The zero-order chi connectivity index (χ0) is 16.7. The summed E-state index contributed by atoms with van der Waals surface area (Å²) >= 11 is 0. The number of nitrogens with zero attached hydrogens (tertiary/aromatic N) is 4. The molecule has 0 bridgehead atoms. The highest BCUT2D eigenvalue weighted by Gasteiger charge is 2.34. The fourth-order valence-corrected chi connectivity index (χ4v) is 4.27. The summed E-state index contributed by atoms with van der Waals surface area (Å²) < 4.78 is 2.01. The van der Waals surface area contributed by atoms with Gasteiger partial charge in [0.15, 0.2) is 0 Å². The van der Waals surface area contributed by atoms with Gasteiger partial charge in [0.1, 0.15) is 11.6 Å². The zero-order valence-electron chi connectivity index (χ0n) is 14.4. The van der Waals surface area contributed by atoms with Crippen molar-refractivity contribution in [2.75, 3.05) is 13.1 Å². The van der Waals surface area contributed by atoms with Crippen molar-refractivity contribution in [3.8, 4) is 0 Å². The first-order valence-electron chi connectivity index (χ1n) is 8.90. The number of carbonyl (C=O) groups excluding carboxylic acids is 1. The van der Waals surface area contributed by atoms with Crippen LogP contribution in [0.1, 0.15) is 54.0 Å². The molecule has 0 unspecified atom stereocenters. The number of hydrogen-bond acceptors (Lipinski definition) is 3. The van der Waals surface area contributed by atoms with Crippen LogP contribution in [0.15, 0.2) is 24.3 Å². The Morgan fingerprint density at radius 1 is 1.21 bits per heavy atom. The number of piperidine rings is 1. The van der Waals surface area contributed by atoms with Gasteiger partial charge < -0.3 is 4.90 Å². The quantitative estimate of drug-likeness (QED) is 0.853. The summed E-state index contributed by atoms with van der Waals surface area (Å²) in [7, 11) is 0. The third-order valence-corrected chi connectivity index (χ3v) is 5.39. The van der Waals surface area contributed by atoms with Crippen molar-refractivity contribution in [1.29, 1.82) is 0 Å². The number of aromatic nitrogens is 3. The van der Waals surface area contributed by atoms with E-state index in [1.54, 1.807) is 0 Å². The summed E-state index contributed by atoms with van der Waals surface area (Å²) in [5.74, 6) is 2.08. The Labute approximate surface area is 142 Å². The maximum Gasteiger partial charge on any atom is 0.230 e. The lowest BCUT2D eigenvalue weighted by Crippen LogP contribution is -2.43.